The van der Waals surface area contributed by atoms with Gasteiger partial charge in [-0.1, -0.05) is 0 Å². The van der Waals surface area contributed by atoms with Crippen LogP contribution < -0.4 is 9.47 Å². The first-order chi connectivity index (χ1) is 12.8. The quantitative estimate of drug-likeness (QED) is 0.553. The second-order valence-corrected chi connectivity index (χ2v) is 4.65. The third-order valence-electron chi connectivity index (χ3n) is 2.72. The standard InChI is InChI=1S/C14H10F10N2O2/c1-3-27-11-5(6(15)9(17)13(19,20)21)8(25-12(26-11)28-4-2)7(16)10(18)14(22,23)24/h3-4H2,1-2H3/b9-6+,10-7+. The van der Waals surface area contributed by atoms with Crippen molar-refractivity contribution in [1.82, 2.24) is 9.97 Å². The summed E-state index contributed by atoms with van der Waals surface area (Å²) in [6.45, 7) is 1.76. The van der Waals surface area contributed by atoms with Crippen molar-refractivity contribution in [2.24, 2.45) is 0 Å². The van der Waals surface area contributed by atoms with Crippen molar-refractivity contribution in [3.63, 3.8) is 0 Å². The Kier molecular flexibility index (Phi) is 7.26. The van der Waals surface area contributed by atoms with Crippen LogP contribution in [0.2, 0.25) is 0 Å². The fourth-order valence-corrected chi connectivity index (χ4v) is 1.67. The third kappa shape index (κ3) is 5.25. The molecule has 14 heteroatoms. The summed E-state index contributed by atoms with van der Waals surface area (Å²) < 4.78 is 139. The Morgan fingerprint density at radius 3 is 1.64 bits per heavy atom. The van der Waals surface area contributed by atoms with Crippen molar-refractivity contribution in [2.75, 3.05) is 13.2 Å². The van der Waals surface area contributed by atoms with Gasteiger partial charge in [-0.2, -0.15) is 45.1 Å². The molecule has 0 aliphatic carbocycles. The van der Waals surface area contributed by atoms with E-state index in [-0.39, 0.29) is 6.61 Å². The predicted molar refractivity (Wildman–Crippen MR) is 74.8 cm³/mol. The molecule has 0 amide bonds. The maximum Gasteiger partial charge on any atom is 0.446 e. The Hall–Kier alpha value is -2.54. The smallest absolute Gasteiger partial charge is 0.446 e. The van der Waals surface area contributed by atoms with E-state index in [0.29, 0.717) is 0 Å². The average molecular weight is 428 g/mol. The number of nitrogens with zero attached hydrogens (tertiary/aromatic N) is 2. The van der Waals surface area contributed by atoms with E-state index in [1.807, 2.05) is 0 Å². The van der Waals surface area contributed by atoms with E-state index < -0.39 is 65.4 Å². The van der Waals surface area contributed by atoms with Gasteiger partial charge in [0.05, 0.1) is 13.2 Å². The van der Waals surface area contributed by atoms with Crippen LogP contribution >= 0.6 is 0 Å². The van der Waals surface area contributed by atoms with E-state index in [9.17, 15) is 43.9 Å². The van der Waals surface area contributed by atoms with E-state index in [1.165, 1.54) is 13.8 Å². The van der Waals surface area contributed by atoms with E-state index in [4.69, 9.17) is 0 Å². The maximum absolute atomic E-state index is 14.1. The number of hydrogen-bond donors (Lipinski definition) is 0. The van der Waals surface area contributed by atoms with Gasteiger partial charge in [-0.15, -0.1) is 0 Å². The van der Waals surface area contributed by atoms with E-state index >= 15 is 0 Å². The van der Waals surface area contributed by atoms with Crippen LogP contribution in [0.15, 0.2) is 11.7 Å². The van der Waals surface area contributed by atoms with E-state index in [2.05, 4.69) is 19.4 Å². The number of hydrogen-bond acceptors (Lipinski definition) is 4. The molecular formula is C14H10F10N2O2. The lowest BCUT2D eigenvalue weighted by Gasteiger charge is -2.15. The van der Waals surface area contributed by atoms with Gasteiger partial charge < -0.3 is 9.47 Å². The molecular weight excluding hydrogens is 418 g/mol. The van der Waals surface area contributed by atoms with Crippen molar-refractivity contribution >= 4 is 11.7 Å². The molecule has 1 rings (SSSR count). The van der Waals surface area contributed by atoms with Crippen molar-refractivity contribution in [3.8, 4) is 11.9 Å². The Bertz CT molecular complexity index is 784. The zero-order valence-corrected chi connectivity index (χ0v) is 13.9. The van der Waals surface area contributed by atoms with E-state index in [1.54, 1.807) is 0 Å². The summed E-state index contributed by atoms with van der Waals surface area (Å²) in [5.41, 5.74) is -3.88. The SMILES string of the molecule is CCOc1nc(OCC)c(/C(F)=C(\F)C(F)(F)F)c(/C(F)=C(\F)C(F)(F)F)n1. The van der Waals surface area contributed by atoms with E-state index in [0.717, 1.165) is 0 Å². The van der Waals surface area contributed by atoms with Crippen LogP contribution in [-0.4, -0.2) is 35.5 Å². The van der Waals surface area contributed by atoms with Gasteiger partial charge in [0.1, 0.15) is 11.3 Å². The number of rotatable bonds is 6. The molecule has 0 aliphatic rings. The van der Waals surface area contributed by atoms with Crippen molar-refractivity contribution < 1.29 is 53.4 Å². The lowest BCUT2D eigenvalue weighted by atomic mass is 10.1. The average Bonchev–Trinajstić information content (AvgIpc) is 2.57. The Morgan fingerprint density at radius 2 is 1.21 bits per heavy atom. The minimum absolute atomic E-state index is 0.271. The molecule has 0 bridgehead atoms. The van der Waals surface area contributed by atoms with Crippen LogP contribution in [0, 0.1) is 0 Å². The van der Waals surface area contributed by atoms with Gasteiger partial charge in [-0.3, -0.25) is 0 Å². The first-order valence-corrected chi connectivity index (χ1v) is 7.18. The number of aromatic nitrogens is 2. The first kappa shape index (κ1) is 23.5. The normalized spacial score (nSPS) is 14.4. The highest BCUT2D eigenvalue weighted by atomic mass is 19.4. The number of halogens is 10. The van der Waals surface area contributed by atoms with Crippen LogP contribution in [0.4, 0.5) is 43.9 Å². The van der Waals surface area contributed by atoms with Gasteiger partial charge in [0.2, 0.25) is 17.5 Å². The van der Waals surface area contributed by atoms with Gasteiger partial charge in [0.25, 0.3) is 0 Å². The van der Waals surface area contributed by atoms with Gasteiger partial charge in [-0.05, 0) is 13.8 Å². The highest BCUT2D eigenvalue weighted by Gasteiger charge is 2.43. The molecule has 0 fully saturated rings. The molecule has 0 N–H and O–H groups in total. The highest BCUT2D eigenvalue weighted by molar-refractivity contribution is 5.77. The van der Waals surface area contributed by atoms with Crippen molar-refractivity contribution in [3.05, 3.63) is 22.9 Å². The molecule has 0 spiro atoms. The van der Waals surface area contributed by atoms with Gasteiger partial charge >= 0.3 is 18.4 Å². The molecule has 0 unspecified atom stereocenters. The number of ether oxygens (including phenoxy) is 2. The Morgan fingerprint density at radius 1 is 0.750 bits per heavy atom. The van der Waals surface area contributed by atoms with Gasteiger partial charge in [0.15, 0.2) is 11.7 Å². The molecule has 0 aliphatic heterocycles. The molecule has 0 saturated heterocycles. The molecule has 0 radical (unpaired) electrons. The van der Waals surface area contributed by atoms with Crippen molar-refractivity contribution in [2.45, 2.75) is 26.2 Å². The molecule has 28 heavy (non-hydrogen) atoms. The summed E-state index contributed by atoms with van der Waals surface area (Å²) in [5.74, 6) is -14.0. The zero-order chi connectivity index (χ0) is 21.9. The molecule has 1 aromatic rings. The highest BCUT2D eigenvalue weighted by Crippen LogP contribution is 2.43. The number of alkyl halides is 6. The molecule has 1 aromatic heterocycles. The molecule has 0 saturated carbocycles. The molecule has 0 atom stereocenters. The maximum atomic E-state index is 14.1. The largest absolute Gasteiger partial charge is 0.477 e. The molecule has 0 aromatic carbocycles. The lowest BCUT2D eigenvalue weighted by Crippen LogP contribution is -2.14. The molecule has 158 valence electrons. The lowest BCUT2D eigenvalue weighted by molar-refractivity contribution is -0.109. The van der Waals surface area contributed by atoms with Crippen LogP contribution in [0.5, 0.6) is 11.9 Å². The minimum atomic E-state index is -5.94. The van der Waals surface area contributed by atoms with Crippen LogP contribution in [0.3, 0.4) is 0 Å². The van der Waals surface area contributed by atoms with Gasteiger partial charge in [0, 0.05) is 0 Å². The fourth-order valence-electron chi connectivity index (χ4n) is 1.67. The minimum Gasteiger partial charge on any atom is -0.477 e. The summed E-state index contributed by atoms with van der Waals surface area (Å²) in [5, 5.41) is 0. The molecule has 1 heterocycles. The second-order valence-electron chi connectivity index (χ2n) is 4.65. The topological polar surface area (TPSA) is 44.2 Å². The zero-order valence-electron chi connectivity index (χ0n) is 13.9. The Labute approximate surface area is 150 Å². The molecule has 4 nitrogen and oxygen atoms in total. The second kappa shape index (κ2) is 8.65. The summed E-state index contributed by atoms with van der Waals surface area (Å²) in [4.78, 5) is 6.18. The summed E-state index contributed by atoms with van der Waals surface area (Å²) in [6, 6.07) is -0.977. The Balaban J connectivity index is 4.00. The predicted octanol–water partition coefficient (Wildman–Crippen LogP) is 5.61. The monoisotopic (exact) mass is 428 g/mol. The first-order valence-electron chi connectivity index (χ1n) is 7.18. The number of allylic oxidation sites excluding steroid dienone is 2. The van der Waals surface area contributed by atoms with Crippen LogP contribution in [0.25, 0.3) is 11.7 Å². The fraction of sp³-hybridized carbons (Fsp3) is 0.429. The summed E-state index contributed by atoms with van der Waals surface area (Å²) >= 11 is 0. The van der Waals surface area contributed by atoms with Gasteiger partial charge in [-0.25, -0.2) is 8.78 Å². The van der Waals surface area contributed by atoms with Crippen LogP contribution in [-0.2, 0) is 0 Å². The third-order valence-corrected chi connectivity index (χ3v) is 2.72. The van der Waals surface area contributed by atoms with Crippen LogP contribution in [0.1, 0.15) is 25.1 Å². The van der Waals surface area contributed by atoms with Crippen molar-refractivity contribution in [1.29, 1.82) is 0 Å². The summed E-state index contributed by atoms with van der Waals surface area (Å²) in [6.07, 6.45) is -11.9. The summed E-state index contributed by atoms with van der Waals surface area (Å²) in [7, 11) is 0.